The van der Waals surface area contributed by atoms with Crippen molar-refractivity contribution in [1.29, 1.82) is 0 Å². The molecule has 0 radical (unpaired) electrons. The average Bonchev–Trinajstić information content (AvgIpc) is 2.92. The molecule has 2 nitrogen and oxygen atoms in total. The van der Waals surface area contributed by atoms with Crippen LogP contribution in [0, 0.1) is 0 Å². The van der Waals surface area contributed by atoms with E-state index in [4.69, 9.17) is 0 Å². The molecular weight excluding hydrogens is 448 g/mol. The van der Waals surface area contributed by atoms with Gasteiger partial charge in [0.1, 0.15) is 5.25 Å². The van der Waals surface area contributed by atoms with Gasteiger partial charge in [-0.25, -0.2) is 0 Å². The number of thioether (sulfide) groups is 1. The van der Waals surface area contributed by atoms with Gasteiger partial charge in [0.2, 0.25) is 0 Å². The van der Waals surface area contributed by atoms with E-state index in [0.717, 1.165) is 33.0 Å². The summed E-state index contributed by atoms with van der Waals surface area (Å²) in [6.45, 7) is 0. The molecule has 0 saturated carbocycles. The molecule has 5 aromatic carbocycles. The first-order chi connectivity index (χ1) is 17.2. The van der Waals surface area contributed by atoms with E-state index in [1.54, 1.807) is 0 Å². The SMILES string of the molecule is O=C(O)C(Cc1ccc2ccccc2c1)SC(c1ccccc1)(c1ccccc1)c1ccccc1. The Balaban J connectivity index is 1.64. The van der Waals surface area contributed by atoms with Gasteiger partial charge in [-0.3, -0.25) is 4.79 Å². The summed E-state index contributed by atoms with van der Waals surface area (Å²) in [5.74, 6) is -0.810. The summed E-state index contributed by atoms with van der Waals surface area (Å²) >= 11 is 1.51. The van der Waals surface area contributed by atoms with Crippen LogP contribution in [0.2, 0.25) is 0 Å². The molecule has 1 N–H and O–H groups in total. The summed E-state index contributed by atoms with van der Waals surface area (Å²) in [6.07, 6.45) is 0.430. The molecule has 35 heavy (non-hydrogen) atoms. The number of hydrogen-bond donors (Lipinski definition) is 1. The third-order valence-corrected chi connectivity index (χ3v) is 8.08. The Hall–Kier alpha value is -3.82. The molecule has 0 aromatic heterocycles. The number of carbonyl (C=O) groups is 1. The molecule has 0 spiro atoms. The van der Waals surface area contributed by atoms with E-state index in [2.05, 4.69) is 60.7 Å². The first kappa shape index (κ1) is 22.9. The van der Waals surface area contributed by atoms with Crippen molar-refractivity contribution in [3.8, 4) is 0 Å². The predicted molar refractivity (Wildman–Crippen MR) is 146 cm³/mol. The second-order valence-corrected chi connectivity index (χ2v) is 10.0. The van der Waals surface area contributed by atoms with Crippen LogP contribution in [0.25, 0.3) is 10.8 Å². The van der Waals surface area contributed by atoms with Crippen LogP contribution in [-0.2, 0) is 16.0 Å². The Bertz CT molecular complexity index is 1320. The van der Waals surface area contributed by atoms with Crippen LogP contribution < -0.4 is 0 Å². The van der Waals surface area contributed by atoms with E-state index in [0.29, 0.717) is 6.42 Å². The maximum atomic E-state index is 12.7. The lowest BCUT2D eigenvalue weighted by atomic mass is 9.84. The Morgan fingerprint density at radius 2 is 1.09 bits per heavy atom. The van der Waals surface area contributed by atoms with Gasteiger partial charge in [0.05, 0.1) is 4.75 Å². The minimum absolute atomic E-state index is 0.430. The minimum Gasteiger partial charge on any atom is -0.480 e. The van der Waals surface area contributed by atoms with Crippen LogP contribution in [0.4, 0.5) is 0 Å². The highest BCUT2D eigenvalue weighted by Gasteiger charge is 2.41. The Morgan fingerprint density at radius 3 is 1.57 bits per heavy atom. The number of aliphatic carboxylic acids is 1. The molecule has 0 bridgehead atoms. The average molecular weight is 475 g/mol. The molecule has 1 atom stereocenters. The topological polar surface area (TPSA) is 37.3 Å². The summed E-state index contributed by atoms with van der Waals surface area (Å²) in [7, 11) is 0. The van der Waals surface area contributed by atoms with E-state index in [1.165, 1.54) is 11.8 Å². The van der Waals surface area contributed by atoms with Gasteiger partial charge >= 0.3 is 5.97 Å². The number of carboxylic acid groups (broad SMARTS) is 1. The highest BCUT2D eigenvalue weighted by Crippen LogP contribution is 2.50. The number of fused-ring (bicyclic) bond motifs is 1. The molecule has 0 aliphatic carbocycles. The van der Waals surface area contributed by atoms with Gasteiger partial charge < -0.3 is 5.11 Å². The van der Waals surface area contributed by atoms with Crippen LogP contribution in [-0.4, -0.2) is 16.3 Å². The molecule has 0 saturated heterocycles. The molecule has 172 valence electrons. The lowest BCUT2D eigenvalue weighted by Gasteiger charge is -2.37. The summed E-state index contributed by atoms with van der Waals surface area (Å²) in [6, 6.07) is 45.2. The third-order valence-electron chi connectivity index (χ3n) is 6.37. The van der Waals surface area contributed by atoms with E-state index in [9.17, 15) is 9.90 Å². The van der Waals surface area contributed by atoms with E-state index >= 15 is 0 Å². The van der Waals surface area contributed by atoms with Crippen LogP contribution in [0.15, 0.2) is 133 Å². The molecule has 0 heterocycles. The quantitative estimate of drug-likeness (QED) is 0.236. The molecule has 0 aliphatic heterocycles. The fourth-order valence-corrected chi connectivity index (χ4v) is 6.32. The standard InChI is InChI=1S/C32H26O2S/c33-31(34)30(23-24-20-21-25-12-10-11-13-26(25)22-24)35-32(27-14-4-1-5-15-27,28-16-6-2-7-17-28)29-18-8-3-9-19-29/h1-22,30H,23H2,(H,33,34). The molecule has 0 amide bonds. The second-order valence-electron chi connectivity index (χ2n) is 8.61. The molecule has 0 aliphatic rings. The predicted octanol–water partition coefficient (Wildman–Crippen LogP) is 7.56. The van der Waals surface area contributed by atoms with Crippen molar-refractivity contribution in [2.75, 3.05) is 0 Å². The van der Waals surface area contributed by atoms with Gasteiger partial charge in [-0.15, -0.1) is 11.8 Å². The summed E-state index contributed by atoms with van der Waals surface area (Å²) in [5, 5.41) is 12.1. The molecule has 5 aromatic rings. The highest BCUT2D eigenvalue weighted by molar-refractivity contribution is 8.01. The normalized spacial score (nSPS) is 12.3. The van der Waals surface area contributed by atoms with E-state index in [-0.39, 0.29) is 0 Å². The molecular formula is C32H26O2S. The second kappa shape index (κ2) is 10.2. The monoisotopic (exact) mass is 474 g/mol. The van der Waals surface area contributed by atoms with Crippen LogP contribution in [0.1, 0.15) is 22.3 Å². The zero-order valence-electron chi connectivity index (χ0n) is 19.2. The zero-order chi connectivity index (χ0) is 24.1. The molecule has 5 rings (SSSR count). The fraction of sp³-hybridized carbons (Fsp3) is 0.0938. The largest absolute Gasteiger partial charge is 0.480 e. The maximum Gasteiger partial charge on any atom is 0.317 e. The maximum absolute atomic E-state index is 12.7. The first-order valence-corrected chi connectivity index (χ1v) is 12.6. The van der Waals surface area contributed by atoms with Crippen LogP contribution in [0.5, 0.6) is 0 Å². The number of hydrogen-bond acceptors (Lipinski definition) is 2. The molecule has 0 fully saturated rings. The van der Waals surface area contributed by atoms with Crippen LogP contribution in [0.3, 0.4) is 0 Å². The Morgan fingerprint density at radius 1 is 0.629 bits per heavy atom. The van der Waals surface area contributed by atoms with Gasteiger partial charge in [0.25, 0.3) is 0 Å². The minimum atomic E-state index is -0.810. The van der Waals surface area contributed by atoms with Gasteiger partial charge in [0, 0.05) is 0 Å². The van der Waals surface area contributed by atoms with Gasteiger partial charge in [-0.2, -0.15) is 0 Å². The number of carboxylic acids is 1. The summed E-state index contributed by atoms with van der Waals surface area (Å²) < 4.78 is -0.677. The van der Waals surface area contributed by atoms with E-state index in [1.807, 2.05) is 72.8 Å². The van der Waals surface area contributed by atoms with Crippen molar-refractivity contribution in [2.45, 2.75) is 16.4 Å². The van der Waals surface area contributed by atoms with Crippen molar-refractivity contribution in [1.82, 2.24) is 0 Å². The first-order valence-electron chi connectivity index (χ1n) is 11.7. The highest BCUT2D eigenvalue weighted by atomic mass is 32.2. The van der Waals surface area contributed by atoms with Crippen molar-refractivity contribution in [3.05, 3.63) is 156 Å². The van der Waals surface area contributed by atoms with Gasteiger partial charge in [-0.1, -0.05) is 133 Å². The summed E-state index contributed by atoms with van der Waals surface area (Å²) in [4.78, 5) is 12.7. The van der Waals surface area contributed by atoms with Gasteiger partial charge in [0.15, 0.2) is 0 Å². The smallest absolute Gasteiger partial charge is 0.317 e. The van der Waals surface area contributed by atoms with Crippen molar-refractivity contribution < 1.29 is 9.90 Å². The zero-order valence-corrected chi connectivity index (χ0v) is 20.1. The lowest BCUT2D eigenvalue weighted by molar-refractivity contribution is -0.136. The lowest BCUT2D eigenvalue weighted by Crippen LogP contribution is -2.32. The molecule has 3 heteroatoms. The van der Waals surface area contributed by atoms with E-state index < -0.39 is 16.0 Å². The van der Waals surface area contributed by atoms with Crippen molar-refractivity contribution in [3.63, 3.8) is 0 Å². The third kappa shape index (κ3) is 4.73. The van der Waals surface area contributed by atoms with Crippen LogP contribution >= 0.6 is 11.8 Å². The number of rotatable bonds is 8. The fourth-order valence-electron chi connectivity index (χ4n) is 4.70. The van der Waals surface area contributed by atoms with Crippen molar-refractivity contribution >= 4 is 28.5 Å². The Kier molecular flexibility index (Phi) is 6.69. The molecule has 1 unspecified atom stereocenters. The Labute approximate surface area is 210 Å². The number of benzene rings is 5. The van der Waals surface area contributed by atoms with Gasteiger partial charge in [-0.05, 0) is 39.4 Å². The van der Waals surface area contributed by atoms with Crippen molar-refractivity contribution in [2.24, 2.45) is 0 Å². The summed E-state index contributed by atoms with van der Waals surface area (Å²) in [5.41, 5.74) is 4.21.